The maximum Gasteiger partial charge on any atom is -0.00795 e. The number of allylic oxidation sites excluding steroid dienone is 4. The third kappa shape index (κ3) is 3.23. The Balaban J connectivity index is 2.37. The number of unbranched alkanes of at least 4 members (excludes halogenated alkanes) is 1. The van der Waals surface area contributed by atoms with E-state index in [9.17, 15) is 0 Å². The molecule has 20 heavy (non-hydrogen) atoms. The van der Waals surface area contributed by atoms with E-state index in [0.29, 0.717) is 5.41 Å². The second-order valence-corrected chi connectivity index (χ2v) is 6.03. The Morgan fingerprint density at radius 1 is 1.00 bits per heavy atom. The van der Waals surface area contributed by atoms with Gasteiger partial charge in [0.2, 0.25) is 0 Å². The molecule has 0 saturated carbocycles. The van der Waals surface area contributed by atoms with Gasteiger partial charge in [0.25, 0.3) is 0 Å². The first-order valence-electron chi connectivity index (χ1n) is 8.22. The van der Waals surface area contributed by atoms with E-state index >= 15 is 0 Å². The third-order valence-electron chi connectivity index (χ3n) is 4.84. The average Bonchev–Trinajstić information content (AvgIpc) is 2.53. The van der Waals surface area contributed by atoms with Crippen LogP contribution in [0.3, 0.4) is 0 Å². The zero-order valence-electron chi connectivity index (χ0n) is 13.3. The van der Waals surface area contributed by atoms with Gasteiger partial charge < -0.3 is 0 Å². The van der Waals surface area contributed by atoms with E-state index in [-0.39, 0.29) is 0 Å². The first-order valence-corrected chi connectivity index (χ1v) is 8.22. The van der Waals surface area contributed by atoms with Gasteiger partial charge in [0.15, 0.2) is 0 Å². The highest BCUT2D eigenvalue weighted by Crippen LogP contribution is 2.43. The summed E-state index contributed by atoms with van der Waals surface area (Å²) < 4.78 is 0. The van der Waals surface area contributed by atoms with E-state index in [1.807, 2.05) is 0 Å². The fraction of sp³-hybridized carbons (Fsp3) is 0.500. The van der Waals surface area contributed by atoms with Crippen LogP contribution in [0.25, 0.3) is 5.57 Å². The smallest absolute Gasteiger partial charge is 0.00795 e. The molecule has 0 atom stereocenters. The molecule has 0 nitrogen and oxygen atoms in total. The molecule has 0 bridgehead atoms. The molecule has 0 heterocycles. The molecule has 1 aromatic rings. The van der Waals surface area contributed by atoms with Crippen LogP contribution in [0.1, 0.15) is 64.9 Å². The van der Waals surface area contributed by atoms with Gasteiger partial charge in [-0.2, -0.15) is 0 Å². The van der Waals surface area contributed by atoms with E-state index in [2.05, 4.69) is 63.3 Å². The summed E-state index contributed by atoms with van der Waals surface area (Å²) in [5.74, 6) is 0. The molecule has 0 N–H and O–H groups in total. The van der Waals surface area contributed by atoms with E-state index in [1.165, 1.54) is 49.7 Å². The van der Waals surface area contributed by atoms with Crippen LogP contribution in [-0.2, 0) is 0 Å². The summed E-state index contributed by atoms with van der Waals surface area (Å²) in [6, 6.07) is 10.9. The molecule has 0 fully saturated rings. The highest BCUT2D eigenvalue weighted by molar-refractivity contribution is 5.80. The molecule has 1 aliphatic rings. The Morgan fingerprint density at radius 3 is 2.30 bits per heavy atom. The first-order chi connectivity index (χ1) is 9.74. The van der Waals surface area contributed by atoms with Gasteiger partial charge >= 0.3 is 0 Å². The summed E-state index contributed by atoms with van der Waals surface area (Å²) >= 11 is 0. The van der Waals surface area contributed by atoms with Crippen molar-refractivity contribution in [1.29, 1.82) is 0 Å². The molecule has 0 aliphatic heterocycles. The molecule has 2 rings (SSSR count). The SMILES string of the molecule is CCCCC1=CCC(CC)(CC)C=C1c1ccccc1. The predicted molar refractivity (Wildman–Crippen MR) is 89.7 cm³/mol. The van der Waals surface area contributed by atoms with Crippen molar-refractivity contribution in [1.82, 2.24) is 0 Å². The van der Waals surface area contributed by atoms with Crippen molar-refractivity contribution in [2.45, 2.75) is 59.3 Å². The van der Waals surface area contributed by atoms with Gasteiger partial charge in [-0.05, 0) is 54.2 Å². The molecule has 0 amide bonds. The molecule has 0 unspecified atom stereocenters. The number of hydrogen-bond acceptors (Lipinski definition) is 0. The van der Waals surface area contributed by atoms with Gasteiger partial charge in [-0.3, -0.25) is 0 Å². The van der Waals surface area contributed by atoms with Crippen LogP contribution in [0.15, 0.2) is 48.1 Å². The summed E-state index contributed by atoms with van der Waals surface area (Å²) in [6.07, 6.45) is 12.6. The molecule has 0 radical (unpaired) electrons. The minimum absolute atomic E-state index is 0.376. The molecule has 0 aromatic heterocycles. The molecular formula is C20H28. The van der Waals surface area contributed by atoms with Gasteiger partial charge in [0.1, 0.15) is 0 Å². The van der Waals surface area contributed by atoms with Crippen LogP contribution in [0, 0.1) is 5.41 Å². The maximum absolute atomic E-state index is 2.58. The monoisotopic (exact) mass is 268 g/mol. The summed E-state index contributed by atoms with van der Waals surface area (Å²) in [5.41, 5.74) is 4.83. The quantitative estimate of drug-likeness (QED) is 0.560. The number of rotatable bonds is 6. The van der Waals surface area contributed by atoms with E-state index in [0.717, 1.165) is 0 Å². The summed E-state index contributed by atoms with van der Waals surface area (Å²) in [6.45, 7) is 6.93. The van der Waals surface area contributed by atoms with Gasteiger partial charge in [0.05, 0.1) is 0 Å². The largest absolute Gasteiger partial charge is 0.0798 e. The molecule has 1 aliphatic carbocycles. The van der Waals surface area contributed by atoms with Crippen LogP contribution in [0.2, 0.25) is 0 Å². The molecule has 0 spiro atoms. The second kappa shape index (κ2) is 6.92. The van der Waals surface area contributed by atoms with E-state index in [1.54, 1.807) is 5.57 Å². The molecule has 0 heteroatoms. The Morgan fingerprint density at radius 2 is 1.70 bits per heavy atom. The maximum atomic E-state index is 2.58. The number of hydrogen-bond donors (Lipinski definition) is 0. The highest BCUT2D eigenvalue weighted by atomic mass is 14.3. The average molecular weight is 268 g/mol. The molecule has 108 valence electrons. The van der Waals surface area contributed by atoms with Gasteiger partial charge in [-0.1, -0.05) is 69.7 Å². The zero-order valence-corrected chi connectivity index (χ0v) is 13.3. The van der Waals surface area contributed by atoms with Gasteiger partial charge in [-0.15, -0.1) is 0 Å². The van der Waals surface area contributed by atoms with Gasteiger partial charge in [0, 0.05) is 0 Å². The highest BCUT2D eigenvalue weighted by Gasteiger charge is 2.27. The zero-order chi connectivity index (χ0) is 14.4. The Labute approximate surface area is 124 Å². The summed E-state index contributed by atoms with van der Waals surface area (Å²) in [4.78, 5) is 0. The fourth-order valence-corrected chi connectivity index (χ4v) is 3.13. The molecule has 1 aromatic carbocycles. The van der Waals surface area contributed by atoms with Crippen molar-refractivity contribution in [3.63, 3.8) is 0 Å². The van der Waals surface area contributed by atoms with Crippen LogP contribution >= 0.6 is 0 Å². The first kappa shape index (κ1) is 15.1. The van der Waals surface area contributed by atoms with Crippen molar-refractivity contribution >= 4 is 5.57 Å². The summed E-state index contributed by atoms with van der Waals surface area (Å²) in [7, 11) is 0. The predicted octanol–water partition coefficient (Wildman–Crippen LogP) is 6.40. The topological polar surface area (TPSA) is 0 Å². The standard InChI is InChI=1S/C20H28/c1-4-7-11-18-14-15-20(5-2,6-3)16-19(18)17-12-9-8-10-13-17/h8-10,12-14,16H,4-7,11,15H2,1-3H3. The van der Waals surface area contributed by atoms with Gasteiger partial charge in [-0.25, -0.2) is 0 Å². The van der Waals surface area contributed by atoms with Crippen LogP contribution in [0.4, 0.5) is 0 Å². The second-order valence-electron chi connectivity index (χ2n) is 6.03. The minimum Gasteiger partial charge on any atom is -0.0798 e. The lowest BCUT2D eigenvalue weighted by Gasteiger charge is -2.33. The Kier molecular flexibility index (Phi) is 5.23. The third-order valence-corrected chi connectivity index (χ3v) is 4.84. The Hall–Kier alpha value is -1.30. The Bertz CT molecular complexity index is 472. The minimum atomic E-state index is 0.376. The lowest BCUT2D eigenvalue weighted by atomic mass is 9.71. The van der Waals surface area contributed by atoms with Crippen molar-refractivity contribution in [2.24, 2.45) is 5.41 Å². The van der Waals surface area contributed by atoms with E-state index < -0.39 is 0 Å². The molecule has 0 saturated heterocycles. The normalized spacial score (nSPS) is 17.6. The number of benzene rings is 1. The lowest BCUT2D eigenvalue weighted by molar-refractivity contribution is 0.354. The van der Waals surface area contributed by atoms with Crippen LogP contribution < -0.4 is 0 Å². The summed E-state index contributed by atoms with van der Waals surface area (Å²) in [5, 5.41) is 0. The van der Waals surface area contributed by atoms with Crippen molar-refractivity contribution in [3.05, 3.63) is 53.6 Å². The fourth-order valence-electron chi connectivity index (χ4n) is 3.13. The molecular weight excluding hydrogens is 240 g/mol. The van der Waals surface area contributed by atoms with Crippen molar-refractivity contribution in [2.75, 3.05) is 0 Å². The van der Waals surface area contributed by atoms with Crippen LogP contribution in [0.5, 0.6) is 0 Å². The van der Waals surface area contributed by atoms with Crippen molar-refractivity contribution < 1.29 is 0 Å². The van der Waals surface area contributed by atoms with E-state index in [4.69, 9.17) is 0 Å². The van der Waals surface area contributed by atoms with Crippen LogP contribution in [-0.4, -0.2) is 0 Å². The lowest BCUT2D eigenvalue weighted by Crippen LogP contribution is -2.19. The van der Waals surface area contributed by atoms with Crippen molar-refractivity contribution in [3.8, 4) is 0 Å².